The number of carboxylic acid groups (broad SMARTS) is 1. The van der Waals surface area contributed by atoms with Crippen molar-refractivity contribution in [2.45, 2.75) is 26.8 Å². The van der Waals surface area contributed by atoms with Crippen LogP contribution in [0, 0.1) is 0 Å². The molecule has 0 bridgehead atoms. The molecule has 0 saturated heterocycles. The normalized spacial score (nSPS) is 10.9. The van der Waals surface area contributed by atoms with Gasteiger partial charge in [-0.25, -0.2) is 14.5 Å². The van der Waals surface area contributed by atoms with Crippen LogP contribution in [0.25, 0.3) is 0 Å². The summed E-state index contributed by atoms with van der Waals surface area (Å²) >= 11 is 0. The summed E-state index contributed by atoms with van der Waals surface area (Å²) in [5.74, 6) is -0.714. The first-order valence-corrected chi connectivity index (χ1v) is 5.13. The Morgan fingerprint density at radius 2 is 2.44 bits per heavy atom. The van der Waals surface area contributed by atoms with Crippen molar-refractivity contribution in [3.63, 3.8) is 0 Å². The quantitative estimate of drug-likeness (QED) is 0.590. The maximum atomic E-state index is 10.9. The Labute approximate surface area is 93.6 Å². The highest BCUT2D eigenvalue weighted by atomic mass is 16.5. The van der Waals surface area contributed by atoms with Gasteiger partial charge in [-0.05, 0) is 13.3 Å². The van der Waals surface area contributed by atoms with Crippen LogP contribution in [0.5, 0.6) is 0 Å². The lowest BCUT2D eigenvalue weighted by Gasteiger charge is -2.01. The van der Waals surface area contributed by atoms with Crippen LogP contribution in [0.3, 0.4) is 0 Å². The molecule has 1 aromatic heterocycles. The van der Waals surface area contributed by atoms with E-state index in [-0.39, 0.29) is 5.56 Å². The minimum absolute atomic E-state index is 0.0874. The lowest BCUT2D eigenvalue weighted by Crippen LogP contribution is -2.00. The summed E-state index contributed by atoms with van der Waals surface area (Å²) < 4.78 is 6.50. The number of aromatic carboxylic acids is 1. The van der Waals surface area contributed by atoms with Crippen molar-refractivity contribution in [2.24, 2.45) is 4.99 Å². The van der Waals surface area contributed by atoms with Crippen LogP contribution in [0.4, 0.5) is 5.82 Å². The first kappa shape index (κ1) is 12.2. The van der Waals surface area contributed by atoms with E-state index in [4.69, 9.17) is 9.84 Å². The molecule has 0 unspecified atom stereocenters. The van der Waals surface area contributed by atoms with E-state index in [1.165, 1.54) is 12.6 Å². The van der Waals surface area contributed by atoms with Gasteiger partial charge >= 0.3 is 5.97 Å². The molecule has 0 aromatic carbocycles. The number of hydrogen-bond acceptors (Lipinski definition) is 4. The van der Waals surface area contributed by atoms with Crippen molar-refractivity contribution in [3.05, 3.63) is 11.8 Å². The molecule has 6 nitrogen and oxygen atoms in total. The molecule has 0 aliphatic carbocycles. The van der Waals surface area contributed by atoms with Gasteiger partial charge < -0.3 is 9.84 Å². The summed E-state index contributed by atoms with van der Waals surface area (Å²) in [7, 11) is 0. The van der Waals surface area contributed by atoms with Gasteiger partial charge in [0.25, 0.3) is 0 Å². The first-order chi connectivity index (χ1) is 7.70. The first-order valence-electron chi connectivity index (χ1n) is 5.13. The Bertz CT molecular complexity index is 385. The number of carboxylic acids is 1. The van der Waals surface area contributed by atoms with Crippen LogP contribution >= 0.6 is 0 Å². The van der Waals surface area contributed by atoms with Crippen molar-refractivity contribution >= 4 is 18.2 Å². The topological polar surface area (TPSA) is 76.7 Å². The highest BCUT2D eigenvalue weighted by Crippen LogP contribution is 2.18. The number of aryl methyl sites for hydroxylation is 1. The van der Waals surface area contributed by atoms with E-state index >= 15 is 0 Å². The number of carbonyl (C=O) groups is 1. The third-order valence-electron chi connectivity index (χ3n) is 1.89. The van der Waals surface area contributed by atoms with Gasteiger partial charge in [0.2, 0.25) is 0 Å². The van der Waals surface area contributed by atoms with Crippen molar-refractivity contribution in [1.29, 1.82) is 0 Å². The number of rotatable bonds is 6. The number of aromatic nitrogens is 2. The van der Waals surface area contributed by atoms with Crippen LogP contribution < -0.4 is 0 Å². The molecule has 1 aromatic rings. The zero-order chi connectivity index (χ0) is 12.0. The summed E-state index contributed by atoms with van der Waals surface area (Å²) in [6.45, 7) is 4.94. The third-order valence-corrected chi connectivity index (χ3v) is 1.89. The number of hydrogen-bond donors (Lipinski definition) is 1. The Morgan fingerprint density at radius 3 is 3.00 bits per heavy atom. The van der Waals surface area contributed by atoms with Crippen LogP contribution in [0.2, 0.25) is 0 Å². The minimum atomic E-state index is -1.04. The molecule has 0 amide bonds. The molecule has 1 N–H and O–H groups in total. The maximum Gasteiger partial charge on any atom is 0.341 e. The fourth-order valence-electron chi connectivity index (χ4n) is 1.20. The van der Waals surface area contributed by atoms with Crippen molar-refractivity contribution < 1.29 is 14.6 Å². The molecule has 0 spiro atoms. The molecule has 0 aliphatic heterocycles. The molecule has 0 fully saturated rings. The predicted molar refractivity (Wildman–Crippen MR) is 59.3 cm³/mol. The fourth-order valence-corrected chi connectivity index (χ4v) is 1.20. The highest BCUT2D eigenvalue weighted by molar-refractivity contribution is 5.92. The van der Waals surface area contributed by atoms with Crippen molar-refractivity contribution in [2.75, 3.05) is 6.61 Å². The van der Waals surface area contributed by atoms with E-state index in [2.05, 4.69) is 10.1 Å². The third kappa shape index (κ3) is 2.82. The maximum absolute atomic E-state index is 10.9. The zero-order valence-electron chi connectivity index (χ0n) is 9.38. The van der Waals surface area contributed by atoms with Gasteiger partial charge in [-0.15, -0.1) is 0 Å². The van der Waals surface area contributed by atoms with Crippen molar-refractivity contribution in [3.8, 4) is 0 Å². The van der Waals surface area contributed by atoms with Crippen LogP contribution in [-0.2, 0) is 11.3 Å². The minimum Gasteiger partial charge on any atom is -0.483 e. The second-order valence-electron chi connectivity index (χ2n) is 3.10. The summed E-state index contributed by atoms with van der Waals surface area (Å²) in [4.78, 5) is 14.9. The van der Waals surface area contributed by atoms with Gasteiger partial charge in [0.15, 0.2) is 12.2 Å². The van der Waals surface area contributed by atoms with E-state index in [1.54, 1.807) is 4.68 Å². The van der Waals surface area contributed by atoms with Crippen LogP contribution in [0.1, 0.15) is 30.6 Å². The van der Waals surface area contributed by atoms with Gasteiger partial charge in [0, 0.05) is 6.54 Å². The molecular formula is C10H15N3O3. The molecule has 0 atom stereocenters. The second-order valence-corrected chi connectivity index (χ2v) is 3.10. The highest BCUT2D eigenvalue weighted by Gasteiger charge is 2.15. The second kappa shape index (κ2) is 5.89. The zero-order valence-corrected chi connectivity index (χ0v) is 9.38. The molecular weight excluding hydrogens is 210 g/mol. The summed E-state index contributed by atoms with van der Waals surface area (Å²) in [6, 6.07) is 0. The Balaban J connectivity index is 2.98. The van der Waals surface area contributed by atoms with E-state index in [0.717, 1.165) is 6.42 Å². The van der Waals surface area contributed by atoms with Crippen molar-refractivity contribution in [1.82, 2.24) is 9.78 Å². The standard InChI is InChI=1S/C10H15N3O3/c1-3-5-13-9(11-7-16-4-2)8(6-12-13)10(14)15/h6-7H,3-5H2,1-2H3,(H,14,15). The molecule has 0 radical (unpaired) electrons. The summed E-state index contributed by atoms with van der Waals surface area (Å²) in [5.41, 5.74) is 0.0874. The van der Waals surface area contributed by atoms with Gasteiger partial charge in [-0.2, -0.15) is 5.10 Å². The van der Waals surface area contributed by atoms with E-state index in [9.17, 15) is 4.79 Å². The molecule has 1 rings (SSSR count). The molecule has 16 heavy (non-hydrogen) atoms. The number of ether oxygens (including phenoxy) is 1. The van der Waals surface area contributed by atoms with E-state index in [0.29, 0.717) is 19.0 Å². The molecule has 6 heteroatoms. The Morgan fingerprint density at radius 1 is 1.69 bits per heavy atom. The molecule has 1 heterocycles. The van der Waals surface area contributed by atoms with Crippen LogP contribution in [0.15, 0.2) is 11.2 Å². The molecule has 0 aliphatic rings. The van der Waals surface area contributed by atoms with Gasteiger partial charge in [0.1, 0.15) is 5.56 Å². The van der Waals surface area contributed by atoms with E-state index in [1.807, 2.05) is 13.8 Å². The van der Waals surface area contributed by atoms with Gasteiger partial charge in [0.05, 0.1) is 12.8 Å². The largest absolute Gasteiger partial charge is 0.483 e. The average molecular weight is 225 g/mol. The van der Waals surface area contributed by atoms with Gasteiger partial charge in [-0.3, -0.25) is 0 Å². The van der Waals surface area contributed by atoms with Crippen LogP contribution in [-0.4, -0.2) is 33.9 Å². The fraction of sp³-hybridized carbons (Fsp3) is 0.500. The monoisotopic (exact) mass is 225 g/mol. The molecule has 0 saturated carbocycles. The predicted octanol–water partition coefficient (Wildman–Crippen LogP) is 1.69. The SMILES string of the molecule is CCCn1ncc(C(=O)O)c1N=COCC. The average Bonchev–Trinajstić information content (AvgIpc) is 2.63. The Kier molecular flexibility index (Phi) is 4.50. The molecule has 88 valence electrons. The summed E-state index contributed by atoms with van der Waals surface area (Å²) in [6.07, 6.45) is 3.41. The lowest BCUT2D eigenvalue weighted by molar-refractivity contribution is 0.0698. The summed E-state index contributed by atoms with van der Waals surface area (Å²) in [5, 5.41) is 12.9. The smallest absolute Gasteiger partial charge is 0.341 e. The van der Waals surface area contributed by atoms with Gasteiger partial charge in [-0.1, -0.05) is 6.92 Å². The number of nitrogens with zero attached hydrogens (tertiary/aromatic N) is 3. The Hall–Kier alpha value is -1.85. The number of aliphatic imine (C=N–C) groups is 1. The van der Waals surface area contributed by atoms with E-state index < -0.39 is 5.97 Å². The lowest BCUT2D eigenvalue weighted by atomic mass is 10.3.